The van der Waals surface area contributed by atoms with Crippen LogP contribution in [0.5, 0.6) is 0 Å². The van der Waals surface area contributed by atoms with Gasteiger partial charge in [0.15, 0.2) is 0 Å². The highest BCUT2D eigenvalue weighted by Crippen LogP contribution is 2.17. The fourth-order valence-corrected chi connectivity index (χ4v) is 1.71. The summed E-state index contributed by atoms with van der Waals surface area (Å²) in [6.45, 7) is 1.90. The predicted molar refractivity (Wildman–Crippen MR) is 65.9 cm³/mol. The normalized spacial score (nSPS) is 12.1. The van der Waals surface area contributed by atoms with E-state index < -0.39 is 0 Å². The van der Waals surface area contributed by atoms with Crippen LogP contribution in [0.2, 0.25) is 5.02 Å². The second kappa shape index (κ2) is 5.01. The number of halogens is 1. The SMILES string of the molecule is C[C@@H](NC(=O)c1c[nH]cn1)c1cccc(Cl)c1. The Bertz CT molecular complexity index is 510. The van der Waals surface area contributed by atoms with E-state index in [1.54, 1.807) is 12.3 Å². The van der Waals surface area contributed by atoms with E-state index in [1.807, 2.05) is 25.1 Å². The van der Waals surface area contributed by atoms with E-state index >= 15 is 0 Å². The molecule has 2 N–H and O–H groups in total. The van der Waals surface area contributed by atoms with Gasteiger partial charge in [0.2, 0.25) is 0 Å². The first-order valence-electron chi connectivity index (χ1n) is 5.22. The number of hydrogen-bond acceptors (Lipinski definition) is 2. The first-order valence-corrected chi connectivity index (χ1v) is 5.59. The van der Waals surface area contributed by atoms with E-state index in [1.165, 1.54) is 6.33 Å². The molecule has 4 nitrogen and oxygen atoms in total. The molecule has 1 aromatic heterocycles. The molecule has 0 saturated carbocycles. The van der Waals surface area contributed by atoms with Gasteiger partial charge in [0.25, 0.3) is 5.91 Å². The van der Waals surface area contributed by atoms with Crippen LogP contribution in [0.3, 0.4) is 0 Å². The third-order valence-electron chi connectivity index (χ3n) is 2.43. The van der Waals surface area contributed by atoms with Crippen LogP contribution in [0.4, 0.5) is 0 Å². The number of rotatable bonds is 3. The number of nitrogens with one attached hydrogen (secondary N) is 2. The molecule has 0 bridgehead atoms. The Morgan fingerprint density at radius 2 is 2.35 bits per heavy atom. The molecule has 2 aromatic rings. The highest BCUT2D eigenvalue weighted by molar-refractivity contribution is 6.30. The summed E-state index contributed by atoms with van der Waals surface area (Å²) in [6.07, 6.45) is 3.03. The van der Waals surface area contributed by atoms with Crippen molar-refractivity contribution < 1.29 is 4.79 Å². The van der Waals surface area contributed by atoms with Gasteiger partial charge >= 0.3 is 0 Å². The van der Waals surface area contributed by atoms with Crippen LogP contribution in [0, 0.1) is 0 Å². The molecule has 2 rings (SSSR count). The maximum Gasteiger partial charge on any atom is 0.271 e. The highest BCUT2D eigenvalue weighted by Gasteiger charge is 2.12. The van der Waals surface area contributed by atoms with Crippen LogP contribution in [-0.2, 0) is 0 Å². The first kappa shape index (κ1) is 11.7. The number of amides is 1. The van der Waals surface area contributed by atoms with Crippen molar-refractivity contribution >= 4 is 17.5 Å². The molecule has 1 atom stereocenters. The summed E-state index contributed by atoms with van der Waals surface area (Å²) in [5.41, 5.74) is 1.33. The molecule has 88 valence electrons. The lowest BCUT2D eigenvalue weighted by Crippen LogP contribution is -2.26. The van der Waals surface area contributed by atoms with Gasteiger partial charge in [-0.15, -0.1) is 0 Å². The monoisotopic (exact) mass is 249 g/mol. The summed E-state index contributed by atoms with van der Waals surface area (Å²) in [7, 11) is 0. The van der Waals surface area contributed by atoms with Crippen LogP contribution in [-0.4, -0.2) is 15.9 Å². The van der Waals surface area contributed by atoms with E-state index in [9.17, 15) is 4.79 Å². The van der Waals surface area contributed by atoms with Gasteiger partial charge in [-0.1, -0.05) is 23.7 Å². The van der Waals surface area contributed by atoms with Crippen LogP contribution in [0.25, 0.3) is 0 Å². The number of hydrogen-bond donors (Lipinski definition) is 2. The standard InChI is InChI=1S/C12H12ClN3O/c1-8(9-3-2-4-10(13)5-9)16-12(17)11-6-14-7-15-11/h2-8H,1H3,(H,14,15)(H,16,17)/t8-/m1/s1. The molecular formula is C12H12ClN3O. The fourth-order valence-electron chi connectivity index (χ4n) is 1.51. The molecule has 0 radical (unpaired) electrons. The van der Waals surface area contributed by atoms with Gasteiger partial charge in [-0.25, -0.2) is 4.98 Å². The second-order valence-corrected chi connectivity index (χ2v) is 4.14. The van der Waals surface area contributed by atoms with Gasteiger partial charge in [0, 0.05) is 11.2 Å². The summed E-state index contributed by atoms with van der Waals surface area (Å²) < 4.78 is 0. The minimum Gasteiger partial charge on any atom is -0.350 e. The van der Waals surface area contributed by atoms with Crippen LogP contribution in [0.1, 0.15) is 29.0 Å². The first-order chi connectivity index (χ1) is 8.16. The average Bonchev–Trinajstić information content (AvgIpc) is 2.82. The van der Waals surface area contributed by atoms with Crippen molar-refractivity contribution in [2.24, 2.45) is 0 Å². The van der Waals surface area contributed by atoms with Gasteiger partial charge in [0.1, 0.15) is 5.69 Å². The van der Waals surface area contributed by atoms with Crippen LogP contribution in [0.15, 0.2) is 36.8 Å². The molecule has 5 heteroatoms. The van der Waals surface area contributed by atoms with Crippen molar-refractivity contribution in [3.8, 4) is 0 Å². The summed E-state index contributed by atoms with van der Waals surface area (Å²) in [6, 6.07) is 7.29. The maximum absolute atomic E-state index is 11.7. The van der Waals surface area contributed by atoms with E-state index in [2.05, 4.69) is 15.3 Å². The molecule has 0 aliphatic carbocycles. The smallest absolute Gasteiger partial charge is 0.271 e. The Hall–Kier alpha value is -1.81. The summed E-state index contributed by atoms with van der Waals surface area (Å²) in [5, 5.41) is 3.50. The van der Waals surface area contributed by atoms with E-state index in [-0.39, 0.29) is 11.9 Å². The van der Waals surface area contributed by atoms with E-state index in [0.717, 1.165) is 5.56 Å². The number of benzene rings is 1. The zero-order valence-corrected chi connectivity index (χ0v) is 10.0. The molecule has 0 fully saturated rings. The zero-order chi connectivity index (χ0) is 12.3. The Morgan fingerprint density at radius 3 is 3.00 bits per heavy atom. The molecule has 0 spiro atoms. The molecule has 0 unspecified atom stereocenters. The van der Waals surface area contributed by atoms with Gasteiger partial charge < -0.3 is 10.3 Å². The number of imidazole rings is 1. The summed E-state index contributed by atoms with van der Waals surface area (Å²) in [5.74, 6) is -0.210. The van der Waals surface area contributed by atoms with Crippen molar-refractivity contribution in [1.82, 2.24) is 15.3 Å². The molecule has 0 aliphatic heterocycles. The average molecular weight is 250 g/mol. The Balaban J connectivity index is 2.07. The van der Waals surface area contributed by atoms with Crippen molar-refractivity contribution in [2.45, 2.75) is 13.0 Å². The molecule has 17 heavy (non-hydrogen) atoms. The van der Waals surface area contributed by atoms with E-state index in [4.69, 9.17) is 11.6 Å². The van der Waals surface area contributed by atoms with E-state index in [0.29, 0.717) is 10.7 Å². The zero-order valence-electron chi connectivity index (χ0n) is 9.27. The number of aromatic amines is 1. The Kier molecular flexibility index (Phi) is 3.44. The van der Waals surface area contributed by atoms with Gasteiger partial charge in [-0.05, 0) is 24.6 Å². The third kappa shape index (κ3) is 2.85. The lowest BCUT2D eigenvalue weighted by molar-refractivity contribution is 0.0935. The molecule has 1 aromatic carbocycles. The molecule has 0 aliphatic rings. The van der Waals surface area contributed by atoms with Crippen LogP contribution >= 0.6 is 11.6 Å². The number of nitrogens with zero attached hydrogens (tertiary/aromatic N) is 1. The molecule has 0 saturated heterocycles. The van der Waals surface area contributed by atoms with Gasteiger partial charge in [-0.2, -0.15) is 0 Å². The predicted octanol–water partition coefficient (Wildman–Crippen LogP) is 2.55. The second-order valence-electron chi connectivity index (χ2n) is 3.70. The summed E-state index contributed by atoms with van der Waals surface area (Å²) in [4.78, 5) is 18.4. The minimum absolute atomic E-state index is 0.113. The fraction of sp³-hybridized carbons (Fsp3) is 0.167. The largest absolute Gasteiger partial charge is 0.350 e. The van der Waals surface area contributed by atoms with Crippen molar-refractivity contribution in [2.75, 3.05) is 0 Å². The minimum atomic E-state index is -0.210. The Labute approximate surface area is 104 Å². The summed E-state index contributed by atoms with van der Waals surface area (Å²) >= 11 is 5.89. The Morgan fingerprint density at radius 1 is 1.53 bits per heavy atom. The van der Waals surface area contributed by atoms with Crippen molar-refractivity contribution in [1.29, 1.82) is 0 Å². The third-order valence-corrected chi connectivity index (χ3v) is 2.66. The van der Waals surface area contributed by atoms with Crippen molar-refractivity contribution in [3.05, 3.63) is 53.1 Å². The molecule has 1 amide bonds. The number of H-pyrrole nitrogens is 1. The lowest BCUT2D eigenvalue weighted by Gasteiger charge is -2.13. The van der Waals surface area contributed by atoms with Crippen molar-refractivity contribution in [3.63, 3.8) is 0 Å². The lowest BCUT2D eigenvalue weighted by atomic mass is 10.1. The number of aromatic nitrogens is 2. The molecular weight excluding hydrogens is 238 g/mol. The highest BCUT2D eigenvalue weighted by atomic mass is 35.5. The maximum atomic E-state index is 11.7. The molecule has 1 heterocycles. The number of carbonyl (C=O) groups is 1. The van der Waals surface area contributed by atoms with Gasteiger partial charge in [-0.3, -0.25) is 4.79 Å². The van der Waals surface area contributed by atoms with Gasteiger partial charge in [0.05, 0.1) is 12.4 Å². The topological polar surface area (TPSA) is 57.8 Å². The number of carbonyl (C=O) groups excluding carboxylic acids is 1. The quantitative estimate of drug-likeness (QED) is 0.878. The van der Waals surface area contributed by atoms with Crippen LogP contribution < -0.4 is 5.32 Å².